The first-order valence-electron chi connectivity index (χ1n) is 15.5. The molecule has 0 unspecified atom stereocenters. The van der Waals surface area contributed by atoms with Crippen LogP contribution in [0.15, 0.2) is 60.7 Å². The average Bonchev–Trinajstić information content (AvgIpc) is 3.07. The minimum Gasteiger partial charge on any atom is -0.508 e. The van der Waals surface area contributed by atoms with Gasteiger partial charge in [0.05, 0.1) is 5.92 Å². The van der Waals surface area contributed by atoms with Crippen LogP contribution in [0.2, 0.25) is 0 Å². The van der Waals surface area contributed by atoms with Gasteiger partial charge in [-0.15, -0.1) is 0 Å². The van der Waals surface area contributed by atoms with Crippen LogP contribution in [0.3, 0.4) is 0 Å². The van der Waals surface area contributed by atoms with E-state index < -0.39 is 99.3 Å². The molecule has 5 aromatic rings. The molecule has 2 aliphatic rings. The van der Waals surface area contributed by atoms with Crippen molar-refractivity contribution in [1.29, 1.82) is 0 Å². The standard InChI is InChI=1S/C36H30O16/c37-14-6-20(41)28-26(7-14)51-35(13-4-22(43)31(47)23(44)5-13)33(49)30(28)29-21(42)11-18(39)16-10-27(50-15-8-24(45)32(48)25(46)9-15)34(52-36(16)29)12-1-2-17(38)19(40)3-12/h1-9,11,27,30,33-35,37-49H,10H2/t27-,30-,33+,34-,35-/m1/s1. The fourth-order valence-electron chi connectivity index (χ4n) is 6.69. The summed E-state index contributed by atoms with van der Waals surface area (Å²) in [6, 6.07) is 10.7. The molecule has 16 nitrogen and oxygen atoms in total. The second-order valence-corrected chi connectivity index (χ2v) is 12.4. The van der Waals surface area contributed by atoms with Crippen LogP contribution in [0.4, 0.5) is 0 Å². The molecule has 0 amide bonds. The molecule has 2 heterocycles. The number of phenolic OH excluding ortho intramolecular Hbond substituents is 12. The zero-order chi connectivity index (χ0) is 37.3. The molecule has 5 aromatic carbocycles. The predicted molar refractivity (Wildman–Crippen MR) is 175 cm³/mol. The van der Waals surface area contributed by atoms with Gasteiger partial charge in [0.25, 0.3) is 0 Å². The number of ether oxygens (including phenoxy) is 3. The van der Waals surface area contributed by atoms with Gasteiger partial charge >= 0.3 is 0 Å². The number of aromatic hydroxyl groups is 12. The third kappa shape index (κ3) is 5.47. The molecule has 0 radical (unpaired) electrons. The quantitative estimate of drug-likeness (QED) is 0.115. The highest BCUT2D eigenvalue weighted by molar-refractivity contribution is 5.66. The Morgan fingerprint density at radius 2 is 1.12 bits per heavy atom. The molecule has 2 aliphatic heterocycles. The molecule has 0 saturated heterocycles. The van der Waals surface area contributed by atoms with Crippen LogP contribution in [-0.2, 0) is 6.42 Å². The van der Waals surface area contributed by atoms with Gasteiger partial charge in [0.1, 0.15) is 52.5 Å². The highest BCUT2D eigenvalue weighted by atomic mass is 16.5. The Bertz CT molecular complexity index is 2210. The Labute approximate surface area is 292 Å². The molecule has 0 aliphatic carbocycles. The third-order valence-electron chi connectivity index (χ3n) is 9.08. The van der Waals surface area contributed by atoms with Gasteiger partial charge in [-0.2, -0.15) is 0 Å². The lowest BCUT2D eigenvalue weighted by atomic mass is 9.77. The molecule has 0 saturated carbocycles. The Morgan fingerprint density at radius 1 is 0.519 bits per heavy atom. The van der Waals surface area contributed by atoms with Crippen LogP contribution >= 0.6 is 0 Å². The molecule has 0 aromatic heterocycles. The van der Waals surface area contributed by atoms with Crippen molar-refractivity contribution < 1.29 is 80.6 Å². The third-order valence-corrected chi connectivity index (χ3v) is 9.08. The van der Waals surface area contributed by atoms with Crippen LogP contribution < -0.4 is 14.2 Å². The van der Waals surface area contributed by atoms with Gasteiger partial charge in [-0.3, -0.25) is 0 Å². The van der Waals surface area contributed by atoms with Crippen LogP contribution in [0.5, 0.6) is 86.2 Å². The minimum atomic E-state index is -1.79. The second-order valence-electron chi connectivity index (χ2n) is 12.4. The lowest BCUT2D eigenvalue weighted by Crippen LogP contribution is -2.38. The topological polar surface area (TPSA) is 291 Å². The fourth-order valence-corrected chi connectivity index (χ4v) is 6.69. The molecule has 52 heavy (non-hydrogen) atoms. The van der Waals surface area contributed by atoms with E-state index in [0.717, 1.165) is 54.6 Å². The van der Waals surface area contributed by atoms with Crippen molar-refractivity contribution in [1.82, 2.24) is 0 Å². The van der Waals surface area contributed by atoms with Crippen molar-refractivity contribution in [3.8, 4) is 86.2 Å². The monoisotopic (exact) mass is 718 g/mol. The van der Waals surface area contributed by atoms with E-state index in [-0.39, 0.29) is 51.5 Å². The Balaban J connectivity index is 1.42. The smallest absolute Gasteiger partial charge is 0.200 e. The number of phenols is 12. The Morgan fingerprint density at radius 3 is 1.75 bits per heavy atom. The number of aliphatic hydroxyl groups excluding tert-OH is 1. The molecule has 5 atom stereocenters. The van der Waals surface area contributed by atoms with Crippen LogP contribution in [0, 0.1) is 0 Å². The number of benzene rings is 5. The summed E-state index contributed by atoms with van der Waals surface area (Å²) in [4.78, 5) is 0. The van der Waals surface area contributed by atoms with Gasteiger partial charge in [-0.1, -0.05) is 6.07 Å². The van der Waals surface area contributed by atoms with Crippen molar-refractivity contribution in [3.05, 3.63) is 88.5 Å². The maximum absolute atomic E-state index is 12.0. The number of hydrogen-bond donors (Lipinski definition) is 13. The van der Waals surface area contributed by atoms with Crippen molar-refractivity contribution in [3.63, 3.8) is 0 Å². The van der Waals surface area contributed by atoms with E-state index in [0.29, 0.717) is 0 Å². The molecule has 7 rings (SSSR count). The minimum absolute atomic E-state index is 0.000690. The molecule has 0 bridgehead atoms. The van der Waals surface area contributed by atoms with Gasteiger partial charge in [0, 0.05) is 64.6 Å². The fraction of sp³-hybridized carbons (Fsp3) is 0.167. The maximum atomic E-state index is 12.0. The zero-order valence-corrected chi connectivity index (χ0v) is 26.4. The second kappa shape index (κ2) is 12.1. The first-order chi connectivity index (χ1) is 24.6. The van der Waals surface area contributed by atoms with E-state index in [1.54, 1.807) is 0 Å². The average molecular weight is 719 g/mol. The van der Waals surface area contributed by atoms with Crippen LogP contribution in [0.25, 0.3) is 0 Å². The number of rotatable bonds is 5. The van der Waals surface area contributed by atoms with E-state index >= 15 is 0 Å². The summed E-state index contributed by atoms with van der Waals surface area (Å²) in [6.45, 7) is 0. The summed E-state index contributed by atoms with van der Waals surface area (Å²) in [6.07, 6.45) is -5.97. The number of fused-ring (bicyclic) bond motifs is 2. The van der Waals surface area contributed by atoms with Crippen molar-refractivity contribution >= 4 is 0 Å². The van der Waals surface area contributed by atoms with Crippen molar-refractivity contribution in [2.24, 2.45) is 0 Å². The zero-order valence-electron chi connectivity index (χ0n) is 26.4. The first kappa shape index (κ1) is 33.6. The summed E-state index contributed by atoms with van der Waals surface area (Å²) < 4.78 is 18.5. The van der Waals surface area contributed by atoms with Crippen LogP contribution in [-0.4, -0.2) is 78.6 Å². The SMILES string of the molecule is Oc1cc(O)c2c(c1)O[C@H](c1cc(O)c(O)c(O)c1)[C@@H](O)[C@H]2c1c(O)cc(O)c2c1O[C@H](c1ccc(O)c(O)c1)[C@H](Oc1cc(O)c(O)c(O)c1)C2. The van der Waals surface area contributed by atoms with Crippen molar-refractivity contribution in [2.45, 2.75) is 36.8 Å². The molecule has 0 fully saturated rings. The molecule has 16 heteroatoms. The first-order valence-corrected chi connectivity index (χ1v) is 15.5. The summed E-state index contributed by atoms with van der Waals surface area (Å²) in [5.41, 5.74) is -0.250. The van der Waals surface area contributed by atoms with Gasteiger partial charge in [-0.25, -0.2) is 0 Å². The van der Waals surface area contributed by atoms with Crippen LogP contribution in [0.1, 0.15) is 45.9 Å². The van der Waals surface area contributed by atoms with E-state index in [1.807, 2.05) is 0 Å². The number of hydrogen-bond acceptors (Lipinski definition) is 16. The Kier molecular flexibility index (Phi) is 7.83. The highest BCUT2D eigenvalue weighted by Gasteiger charge is 2.47. The molecular formula is C36H30O16. The number of aliphatic hydroxyl groups is 1. The van der Waals surface area contributed by atoms with Gasteiger partial charge < -0.3 is 80.6 Å². The van der Waals surface area contributed by atoms with Gasteiger partial charge in [0.2, 0.25) is 5.75 Å². The maximum Gasteiger partial charge on any atom is 0.200 e. The summed E-state index contributed by atoms with van der Waals surface area (Å²) in [5, 5.41) is 137. The van der Waals surface area contributed by atoms with Crippen molar-refractivity contribution in [2.75, 3.05) is 0 Å². The largest absolute Gasteiger partial charge is 0.508 e. The van der Waals surface area contributed by atoms with E-state index in [2.05, 4.69) is 0 Å². The lowest BCUT2D eigenvalue weighted by molar-refractivity contribution is 0.00335. The van der Waals surface area contributed by atoms with Gasteiger partial charge in [-0.05, 0) is 24.3 Å². The summed E-state index contributed by atoms with van der Waals surface area (Å²) in [5.74, 6) is -9.91. The van der Waals surface area contributed by atoms with E-state index in [9.17, 15) is 66.4 Å². The van der Waals surface area contributed by atoms with E-state index in [4.69, 9.17) is 14.2 Å². The van der Waals surface area contributed by atoms with E-state index in [1.165, 1.54) is 6.07 Å². The highest BCUT2D eigenvalue weighted by Crippen LogP contribution is 2.58. The molecule has 270 valence electrons. The molecule has 0 spiro atoms. The lowest BCUT2D eigenvalue weighted by Gasteiger charge is -2.41. The molecular weight excluding hydrogens is 688 g/mol. The van der Waals surface area contributed by atoms with Gasteiger partial charge in [0.15, 0.2) is 52.5 Å². The predicted octanol–water partition coefficient (Wildman–Crippen LogP) is 3.90. The summed E-state index contributed by atoms with van der Waals surface area (Å²) in [7, 11) is 0. The molecule has 13 N–H and O–H groups in total. The summed E-state index contributed by atoms with van der Waals surface area (Å²) >= 11 is 0. The normalized spacial score (nSPS) is 20.6. The Hall–Kier alpha value is -6.94.